The minimum Gasteiger partial charge on any atom is -0.450 e. The highest BCUT2D eigenvalue weighted by Crippen LogP contribution is 2.37. The van der Waals surface area contributed by atoms with Crippen molar-refractivity contribution in [3.05, 3.63) is 65.2 Å². The zero-order valence-corrected chi connectivity index (χ0v) is 21.2. The number of nitrogens with one attached hydrogen (secondary N) is 2. The molecule has 0 fully saturated rings. The Morgan fingerprint density at radius 2 is 1.92 bits per heavy atom. The van der Waals surface area contributed by atoms with Gasteiger partial charge in [-0.2, -0.15) is 13.2 Å². The Labute approximate surface area is 213 Å². The van der Waals surface area contributed by atoms with E-state index in [4.69, 9.17) is 10.1 Å². The number of nitrogens with zero attached hydrogens (tertiary/aromatic N) is 2. The molecular weight excluding hydrogens is 537 g/mol. The molecule has 1 aromatic heterocycles. The molecule has 14 heteroatoms. The number of thioether (sulfide) groups is 1. The van der Waals surface area contributed by atoms with Gasteiger partial charge in [0.2, 0.25) is 0 Å². The monoisotopic (exact) mass is 556 g/mol. The van der Waals surface area contributed by atoms with Crippen LogP contribution in [0.4, 0.5) is 18.9 Å². The lowest BCUT2D eigenvalue weighted by molar-refractivity contribution is -0.137. The molecule has 0 spiro atoms. The first-order chi connectivity index (χ1) is 16.9. The van der Waals surface area contributed by atoms with E-state index >= 15 is 0 Å². The van der Waals surface area contributed by atoms with Gasteiger partial charge >= 0.3 is 12.1 Å². The van der Waals surface area contributed by atoms with Crippen LogP contribution in [0, 0.1) is 5.41 Å². The lowest BCUT2D eigenvalue weighted by atomic mass is 10.1. The number of alkyl halides is 3. The summed E-state index contributed by atoms with van der Waals surface area (Å²) in [6.07, 6.45) is -0.914. The molecule has 0 unspecified atom stereocenters. The number of ether oxygens (including phenoxy) is 1. The summed E-state index contributed by atoms with van der Waals surface area (Å²) in [5.41, 5.74) is -1.57. The van der Waals surface area contributed by atoms with E-state index in [-0.39, 0.29) is 32.2 Å². The number of carbonyl (C=O) groups excluding carboxylic acids is 1. The molecule has 0 atom stereocenters. The van der Waals surface area contributed by atoms with Gasteiger partial charge < -0.3 is 10.1 Å². The number of sulfone groups is 1. The summed E-state index contributed by atoms with van der Waals surface area (Å²) >= 11 is 2.15. The molecule has 3 rings (SSSR count). The first-order valence-corrected chi connectivity index (χ1v) is 14.0. The predicted molar refractivity (Wildman–Crippen MR) is 134 cm³/mol. The molecule has 0 amide bonds. The fourth-order valence-electron chi connectivity index (χ4n) is 2.84. The van der Waals surface area contributed by atoms with Crippen molar-refractivity contribution in [1.29, 1.82) is 5.41 Å². The molecule has 36 heavy (non-hydrogen) atoms. The SMILES string of the molecule is CSCOC(=O)C(=N)/C=C(\Nc1ccccc1C(F)(F)F)c1nnc(-c2cccc(S(C)(=O)=O)c2)s1. The number of rotatable bonds is 9. The molecule has 3 aromatic rings. The van der Waals surface area contributed by atoms with Gasteiger partial charge in [0.05, 0.1) is 21.8 Å². The van der Waals surface area contributed by atoms with Crippen LogP contribution in [0.5, 0.6) is 0 Å². The number of carbonyl (C=O) groups is 1. The first kappa shape index (κ1) is 27.4. The second-order valence-corrected chi connectivity index (χ2v) is 11.0. The van der Waals surface area contributed by atoms with Gasteiger partial charge in [-0.3, -0.25) is 5.41 Å². The summed E-state index contributed by atoms with van der Waals surface area (Å²) < 4.78 is 69.3. The number of hydrogen-bond donors (Lipinski definition) is 2. The summed E-state index contributed by atoms with van der Waals surface area (Å²) in [6.45, 7) is 0. The Morgan fingerprint density at radius 1 is 1.19 bits per heavy atom. The number of anilines is 1. The Balaban J connectivity index is 2.05. The van der Waals surface area contributed by atoms with Crippen LogP contribution in [0.2, 0.25) is 0 Å². The summed E-state index contributed by atoms with van der Waals surface area (Å²) in [5, 5.41) is 19.0. The van der Waals surface area contributed by atoms with E-state index in [1.165, 1.54) is 48.2 Å². The molecule has 0 radical (unpaired) electrons. The molecule has 0 bridgehead atoms. The summed E-state index contributed by atoms with van der Waals surface area (Å²) in [7, 11) is -3.49. The number of esters is 1. The van der Waals surface area contributed by atoms with Crippen LogP contribution in [0.3, 0.4) is 0 Å². The normalized spacial score (nSPS) is 12.3. The molecule has 0 saturated carbocycles. The molecule has 2 aromatic carbocycles. The number of hydrogen-bond acceptors (Lipinski definition) is 10. The smallest absolute Gasteiger partial charge is 0.418 e. The molecule has 0 aliphatic carbocycles. The molecule has 0 aliphatic heterocycles. The van der Waals surface area contributed by atoms with Gasteiger partial charge in [-0.25, -0.2) is 13.2 Å². The number of halogens is 3. The largest absolute Gasteiger partial charge is 0.450 e. The maximum absolute atomic E-state index is 13.5. The van der Waals surface area contributed by atoms with Crippen LogP contribution >= 0.6 is 23.1 Å². The summed E-state index contributed by atoms with van der Waals surface area (Å²) in [6, 6.07) is 10.7. The molecular formula is C22H19F3N4O4S3. The standard InChI is InChI=1S/C22H19F3N4O4S3/c1-34-12-33-21(30)16(26)11-18(27-17-9-4-3-8-15(17)22(23,24)25)20-29-28-19(35-20)13-6-5-7-14(10-13)36(2,31)32/h3-11,26-27H,12H2,1-2H3/b18-11-,26-16?. The Kier molecular flexibility index (Phi) is 8.53. The topological polar surface area (TPSA) is 122 Å². The van der Waals surface area contributed by atoms with Crippen LogP contribution in [-0.4, -0.2) is 48.7 Å². The molecule has 0 saturated heterocycles. The van der Waals surface area contributed by atoms with E-state index in [9.17, 15) is 26.4 Å². The number of benzene rings is 2. The van der Waals surface area contributed by atoms with Crippen LogP contribution < -0.4 is 5.32 Å². The molecule has 1 heterocycles. The fraction of sp³-hybridized carbons (Fsp3) is 0.182. The molecule has 2 N–H and O–H groups in total. The van der Waals surface area contributed by atoms with Gasteiger partial charge in [0, 0.05) is 11.8 Å². The van der Waals surface area contributed by atoms with Crippen molar-refractivity contribution < 1.29 is 31.1 Å². The van der Waals surface area contributed by atoms with Crippen LogP contribution in [0.25, 0.3) is 16.3 Å². The van der Waals surface area contributed by atoms with Gasteiger partial charge in [0.15, 0.2) is 14.8 Å². The summed E-state index contributed by atoms with van der Waals surface area (Å²) in [5.74, 6) is -0.979. The van der Waals surface area contributed by atoms with Crippen molar-refractivity contribution in [2.24, 2.45) is 0 Å². The maximum Gasteiger partial charge on any atom is 0.418 e. The van der Waals surface area contributed by atoms with Crippen molar-refractivity contribution in [2.45, 2.75) is 11.1 Å². The van der Waals surface area contributed by atoms with Gasteiger partial charge in [0.1, 0.15) is 16.7 Å². The van der Waals surface area contributed by atoms with Gasteiger partial charge in [-0.15, -0.1) is 22.0 Å². The maximum atomic E-state index is 13.5. The van der Waals surface area contributed by atoms with Crippen molar-refractivity contribution in [1.82, 2.24) is 10.2 Å². The number of aromatic nitrogens is 2. The van der Waals surface area contributed by atoms with Crippen LogP contribution in [-0.2, 0) is 25.5 Å². The fourth-order valence-corrected chi connectivity index (χ4v) is 4.54. The minimum absolute atomic E-state index is 0.00560. The zero-order chi connectivity index (χ0) is 26.5. The number of para-hydroxylation sites is 1. The third kappa shape index (κ3) is 6.92. The molecule has 8 nitrogen and oxygen atoms in total. The van der Waals surface area contributed by atoms with E-state index in [1.54, 1.807) is 12.3 Å². The third-order valence-electron chi connectivity index (χ3n) is 4.48. The first-order valence-electron chi connectivity index (χ1n) is 9.94. The second kappa shape index (κ2) is 11.2. The highest BCUT2D eigenvalue weighted by atomic mass is 32.2. The van der Waals surface area contributed by atoms with Crippen molar-refractivity contribution in [2.75, 3.05) is 23.8 Å². The Hall–Kier alpha value is -3.23. The Bertz CT molecular complexity index is 1420. The van der Waals surface area contributed by atoms with E-state index in [0.717, 1.165) is 29.7 Å². The van der Waals surface area contributed by atoms with Crippen LogP contribution in [0.15, 0.2) is 59.5 Å². The second-order valence-electron chi connectivity index (χ2n) is 7.19. The average Bonchev–Trinajstić information content (AvgIpc) is 3.31. The van der Waals surface area contributed by atoms with Crippen molar-refractivity contribution in [3.8, 4) is 10.6 Å². The summed E-state index contributed by atoms with van der Waals surface area (Å²) in [4.78, 5) is 12.2. The third-order valence-corrected chi connectivity index (χ3v) is 6.95. The Morgan fingerprint density at radius 3 is 2.58 bits per heavy atom. The van der Waals surface area contributed by atoms with Gasteiger partial charge in [-0.05, 0) is 36.6 Å². The highest BCUT2D eigenvalue weighted by Gasteiger charge is 2.33. The van der Waals surface area contributed by atoms with E-state index < -0.39 is 33.3 Å². The lowest BCUT2D eigenvalue weighted by Crippen LogP contribution is -2.16. The quantitative estimate of drug-likeness (QED) is 0.215. The van der Waals surface area contributed by atoms with E-state index in [0.29, 0.717) is 5.56 Å². The molecule has 190 valence electrons. The van der Waals surface area contributed by atoms with Crippen molar-refractivity contribution in [3.63, 3.8) is 0 Å². The van der Waals surface area contributed by atoms with E-state index in [2.05, 4.69) is 15.5 Å². The van der Waals surface area contributed by atoms with Crippen LogP contribution in [0.1, 0.15) is 10.6 Å². The minimum atomic E-state index is -4.67. The zero-order valence-electron chi connectivity index (χ0n) is 18.8. The van der Waals surface area contributed by atoms with Gasteiger partial charge in [-0.1, -0.05) is 35.6 Å². The van der Waals surface area contributed by atoms with E-state index in [1.807, 2.05) is 0 Å². The molecule has 0 aliphatic rings. The van der Waals surface area contributed by atoms with Gasteiger partial charge in [0.25, 0.3) is 0 Å². The lowest BCUT2D eigenvalue weighted by Gasteiger charge is -2.15. The highest BCUT2D eigenvalue weighted by molar-refractivity contribution is 7.98. The predicted octanol–water partition coefficient (Wildman–Crippen LogP) is 4.96. The average molecular weight is 557 g/mol. The van der Waals surface area contributed by atoms with Crippen molar-refractivity contribution >= 4 is 56.0 Å².